The van der Waals surface area contributed by atoms with Gasteiger partial charge < -0.3 is 4.42 Å². The Kier molecular flexibility index (Phi) is 2.04. The zero-order valence-electron chi connectivity index (χ0n) is 8.51. The first-order valence-electron chi connectivity index (χ1n) is 4.88. The summed E-state index contributed by atoms with van der Waals surface area (Å²) in [5, 5.41) is 1.17. The average molecular weight is 231 g/mol. The summed E-state index contributed by atoms with van der Waals surface area (Å²) >= 11 is 0. The van der Waals surface area contributed by atoms with Gasteiger partial charge in [-0.05, 0) is 18.2 Å². The number of carbonyl (C=O) groups excluding carboxylic acids is 1. The number of fused-ring (bicyclic) bond motifs is 3. The molecule has 0 bridgehead atoms. The number of pyridine rings is 1. The van der Waals surface area contributed by atoms with Crippen molar-refractivity contribution in [2.45, 2.75) is 0 Å². The van der Waals surface area contributed by atoms with Crippen molar-refractivity contribution in [1.82, 2.24) is 4.98 Å². The second-order valence-corrected chi connectivity index (χ2v) is 3.53. The van der Waals surface area contributed by atoms with Crippen LogP contribution in [-0.4, -0.2) is 11.3 Å². The van der Waals surface area contributed by atoms with E-state index in [2.05, 4.69) is 9.93 Å². The lowest BCUT2D eigenvalue weighted by molar-refractivity contribution is -0.00529. The van der Waals surface area contributed by atoms with Gasteiger partial charge in [0, 0.05) is 33.3 Å². The van der Waals surface area contributed by atoms with E-state index in [1.54, 1.807) is 18.5 Å². The molecule has 3 aromatic rings. The second-order valence-electron chi connectivity index (χ2n) is 3.53. The second kappa shape index (κ2) is 3.55. The lowest BCUT2D eigenvalue weighted by atomic mass is 10.1. The molecule has 0 atom stereocenters. The monoisotopic (exact) mass is 231 g/mol. The molecule has 0 unspecified atom stereocenters. The lowest BCUT2D eigenvalue weighted by Crippen LogP contribution is -1.84. The van der Waals surface area contributed by atoms with Gasteiger partial charge in [-0.2, -0.15) is 0 Å². The molecule has 0 aliphatic heterocycles. The molecule has 0 aliphatic carbocycles. The summed E-state index contributed by atoms with van der Waals surface area (Å²) in [4.78, 5) is 18.6. The summed E-state index contributed by atoms with van der Waals surface area (Å²) in [5.41, 5.74) is 1.15. The van der Waals surface area contributed by atoms with Gasteiger partial charge in [0.2, 0.25) is 5.75 Å². The van der Waals surface area contributed by atoms with E-state index in [1.165, 1.54) is 12.1 Å². The molecule has 0 N–H and O–H groups in total. The molecular formula is C12H6FNO3. The number of aldehydes is 1. The Morgan fingerprint density at radius 1 is 1.35 bits per heavy atom. The number of halogens is 1. The third-order valence-electron chi connectivity index (χ3n) is 2.63. The van der Waals surface area contributed by atoms with Gasteiger partial charge in [0.1, 0.15) is 5.58 Å². The van der Waals surface area contributed by atoms with Gasteiger partial charge in [-0.15, -0.1) is 0 Å². The first kappa shape index (κ1) is 9.77. The van der Waals surface area contributed by atoms with Crippen molar-refractivity contribution in [1.29, 1.82) is 0 Å². The predicted octanol–water partition coefficient (Wildman–Crippen LogP) is 3.06. The Labute approximate surface area is 94.5 Å². The summed E-state index contributed by atoms with van der Waals surface area (Å²) < 4.78 is 17.8. The first-order valence-corrected chi connectivity index (χ1v) is 4.88. The van der Waals surface area contributed by atoms with E-state index in [0.29, 0.717) is 28.2 Å². The minimum absolute atomic E-state index is 0.0539. The number of hydrogen-bond acceptors (Lipinski definition) is 4. The fourth-order valence-electron chi connectivity index (χ4n) is 1.89. The molecule has 3 rings (SSSR count). The van der Waals surface area contributed by atoms with E-state index < -0.39 is 0 Å². The summed E-state index contributed by atoms with van der Waals surface area (Å²) in [6.45, 7) is 0. The highest BCUT2D eigenvalue weighted by Gasteiger charge is 2.15. The number of aromatic nitrogens is 1. The molecule has 0 spiro atoms. The van der Waals surface area contributed by atoms with Crippen LogP contribution in [0.15, 0.2) is 35.0 Å². The largest absolute Gasteiger partial charge is 0.452 e. The van der Waals surface area contributed by atoms with Gasteiger partial charge in [0.05, 0.1) is 0 Å². The van der Waals surface area contributed by atoms with Crippen LogP contribution in [0.5, 0.6) is 5.75 Å². The molecule has 17 heavy (non-hydrogen) atoms. The van der Waals surface area contributed by atoms with Crippen LogP contribution in [0.1, 0.15) is 10.4 Å². The van der Waals surface area contributed by atoms with Crippen molar-refractivity contribution in [3.63, 3.8) is 0 Å². The van der Waals surface area contributed by atoms with Crippen LogP contribution in [0.25, 0.3) is 21.9 Å². The molecule has 0 saturated carbocycles. The number of carbonyl (C=O) groups is 1. The predicted molar refractivity (Wildman–Crippen MR) is 58.6 cm³/mol. The van der Waals surface area contributed by atoms with Crippen LogP contribution in [0.3, 0.4) is 0 Å². The molecule has 0 aliphatic rings. The molecule has 5 heteroatoms. The summed E-state index contributed by atoms with van der Waals surface area (Å²) in [5.74, 6) is -0.0539. The summed E-state index contributed by atoms with van der Waals surface area (Å²) in [6.07, 6.45) is 3.81. The Balaban J connectivity index is 2.57. The molecule has 0 radical (unpaired) electrons. The van der Waals surface area contributed by atoms with Crippen LogP contribution in [0.2, 0.25) is 0 Å². The van der Waals surface area contributed by atoms with Gasteiger partial charge >= 0.3 is 0 Å². The van der Waals surface area contributed by atoms with E-state index in [0.717, 1.165) is 0 Å². The standard InChI is InChI=1S/C12H6FNO3/c13-17-10-2-1-7(6-15)11-8-5-14-4-3-9(8)16-12(10)11/h1-6H. The molecule has 2 aromatic heterocycles. The number of rotatable bonds is 2. The highest BCUT2D eigenvalue weighted by Crippen LogP contribution is 2.36. The Bertz CT molecular complexity index is 720. The van der Waals surface area contributed by atoms with Crippen molar-refractivity contribution in [2.75, 3.05) is 0 Å². The maximum atomic E-state index is 12.4. The van der Waals surface area contributed by atoms with Crippen molar-refractivity contribution in [2.24, 2.45) is 0 Å². The number of furan rings is 1. The molecule has 4 nitrogen and oxygen atoms in total. The third kappa shape index (κ3) is 1.29. The van der Waals surface area contributed by atoms with Crippen molar-refractivity contribution in [3.8, 4) is 5.75 Å². The summed E-state index contributed by atoms with van der Waals surface area (Å²) in [7, 11) is 0. The van der Waals surface area contributed by atoms with Gasteiger partial charge in [-0.1, -0.05) is 0 Å². The Hall–Kier alpha value is -2.43. The fourth-order valence-corrected chi connectivity index (χ4v) is 1.89. The topological polar surface area (TPSA) is 52.3 Å². The Morgan fingerprint density at radius 3 is 3.00 bits per heavy atom. The van der Waals surface area contributed by atoms with Gasteiger partial charge in [0.15, 0.2) is 11.9 Å². The molecule has 0 fully saturated rings. The van der Waals surface area contributed by atoms with E-state index >= 15 is 0 Å². The summed E-state index contributed by atoms with van der Waals surface area (Å²) in [6, 6.07) is 4.47. The van der Waals surface area contributed by atoms with Crippen molar-refractivity contribution in [3.05, 3.63) is 36.2 Å². The van der Waals surface area contributed by atoms with Crippen molar-refractivity contribution >= 4 is 28.2 Å². The number of benzene rings is 1. The zero-order valence-corrected chi connectivity index (χ0v) is 8.51. The van der Waals surface area contributed by atoms with Gasteiger partial charge in [-0.25, -0.2) is 0 Å². The van der Waals surface area contributed by atoms with Crippen LogP contribution >= 0.6 is 0 Å². The highest BCUT2D eigenvalue weighted by atomic mass is 19.3. The third-order valence-corrected chi connectivity index (χ3v) is 2.63. The maximum Gasteiger partial charge on any atom is 0.215 e. The molecule has 0 amide bonds. The van der Waals surface area contributed by atoms with Crippen molar-refractivity contribution < 1.29 is 18.7 Å². The normalized spacial score (nSPS) is 10.9. The average Bonchev–Trinajstić information content (AvgIpc) is 2.77. The highest BCUT2D eigenvalue weighted by molar-refractivity contribution is 6.13. The van der Waals surface area contributed by atoms with E-state index in [1.807, 2.05) is 0 Å². The Morgan fingerprint density at radius 2 is 2.24 bits per heavy atom. The first-order chi connectivity index (χ1) is 8.35. The lowest BCUT2D eigenvalue weighted by Gasteiger charge is -1.97. The minimum atomic E-state index is -0.0539. The van der Waals surface area contributed by atoms with Crippen LogP contribution < -0.4 is 4.94 Å². The fraction of sp³-hybridized carbons (Fsp3) is 0. The SMILES string of the molecule is O=Cc1ccc(OF)c2oc3ccncc3c12. The molecule has 84 valence electrons. The van der Waals surface area contributed by atoms with E-state index in [-0.39, 0.29) is 11.3 Å². The van der Waals surface area contributed by atoms with Crippen LogP contribution in [0, 0.1) is 0 Å². The quantitative estimate of drug-likeness (QED) is 0.636. The maximum absolute atomic E-state index is 12.4. The minimum Gasteiger partial charge on any atom is -0.452 e. The van der Waals surface area contributed by atoms with Crippen LogP contribution in [-0.2, 0) is 0 Å². The molecule has 0 saturated heterocycles. The zero-order chi connectivity index (χ0) is 11.8. The van der Waals surface area contributed by atoms with E-state index in [4.69, 9.17) is 4.42 Å². The van der Waals surface area contributed by atoms with E-state index in [9.17, 15) is 9.32 Å². The number of hydrogen-bond donors (Lipinski definition) is 0. The molecule has 1 aromatic carbocycles. The molecule has 2 heterocycles. The van der Waals surface area contributed by atoms with Crippen LogP contribution in [0.4, 0.5) is 4.53 Å². The smallest absolute Gasteiger partial charge is 0.215 e. The van der Waals surface area contributed by atoms with Gasteiger partial charge in [0.25, 0.3) is 0 Å². The number of nitrogens with zero attached hydrogens (tertiary/aromatic N) is 1. The molecular weight excluding hydrogens is 225 g/mol. The van der Waals surface area contributed by atoms with Gasteiger partial charge in [-0.3, -0.25) is 14.7 Å².